The zero-order valence-electron chi connectivity index (χ0n) is 11.9. The summed E-state index contributed by atoms with van der Waals surface area (Å²) in [5.41, 5.74) is 2.24. The fraction of sp³-hybridized carbons (Fsp3) is 0.438. The Morgan fingerprint density at radius 2 is 2.05 bits per heavy atom. The van der Waals surface area contributed by atoms with Crippen LogP contribution in [-0.4, -0.2) is 17.6 Å². The topological polar surface area (TPSA) is 34.1 Å². The van der Waals surface area contributed by atoms with E-state index in [2.05, 4.69) is 29.4 Å². The molecule has 1 aromatic heterocycles. The van der Waals surface area contributed by atoms with Crippen LogP contribution in [0.25, 0.3) is 10.9 Å². The molecule has 2 rings (SSSR count). The van der Waals surface area contributed by atoms with E-state index in [9.17, 15) is 0 Å². The second-order valence-corrected chi connectivity index (χ2v) is 4.98. The van der Waals surface area contributed by atoms with Gasteiger partial charge in [-0.3, -0.25) is 0 Å². The van der Waals surface area contributed by atoms with E-state index in [1.165, 1.54) is 10.9 Å². The summed E-state index contributed by atoms with van der Waals surface area (Å²) in [6.45, 7) is 8.09. The molecule has 102 valence electrons. The summed E-state index contributed by atoms with van der Waals surface area (Å²) in [5.74, 6) is 0.710. The van der Waals surface area contributed by atoms with Gasteiger partial charge in [-0.2, -0.15) is 0 Å². The molecule has 0 fully saturated rings. The first-order chi connectivity index (χ1) is 9.20. The van der Waals surface area contributed by atoms with Crippen molar-refractivity contribution < 1.29 is 4.74 Å². The molecule has 0 aliphatic carbocycles. The number of nitrogens with one attached hydrogen (secondary N) is 1. The summed E-state index contributed by atoms with van der Waals surface area (Å²) in [4.78, 5) is 4.55. The lowest BCUT2D eigenvalue weighted by molar-refractivity contribution is 0.233. The Kier molecular flexibility index (Phi) is 4.74. The highest BCUT2D eigenvalue weighted by Gasteiger charge is 2.07. The van der Waals surface area contributed by atoms with Crippen molar-refractivity contribution in [3.8, 4) is 5.88 Å². The smallest absolute Gasteiger partial charge is 0.214 e. The number of para-hydroxylation sites is 1. The number of fused-ring (bicyclic) bond motifs is 1. The molecule has 0 aliphatic heterocycles. The quantitative estimate of drug-likeness (QED) is 0.805. The molecule has 0 aliphatic rings. The molecule has 3 nitrogen and oxygen atoms in total. The van der Waals surface area contributed by atoms with Gasteiger partial charge in [0, 0.05) is 18.0 Å². The van der Waals surface area contributed by atoms with Crippen molar-refractivity contribution in [3.05, 3.63) is 35.9 Å². The number of benzene rings is 1. The first kappa shape index (κ1) is 13.8. The second kappa shape index (κ2) is 6.53. The number of ether oxygens (including phenoxy) is 1. The average Bonchev–Trinajstić information content (AvgIpc) is 2.38. The molecule has 0 saturated carbocycles. The van der Waals surface area contributed by atoms with E-state index >= 15 is 0 Å². The van der Waals surface area contributed by atoms with Crippen molar-refractivity contribution in [1.29, 1.82) is 0 Å². The maximum Gasteiger partial charge on any atom is 0.214 e. The van der Waals surface area contributed by atoms with E-state index < -0.39 is 0 Å². The van der Waals surface area contributed by atoms with E-state index in [1.807, 2.05) is 32.0 Å². The molecule has 1 aromatic carbocycles. The van der Waals surface area contributed by atoms with Crippen LogP contribution in [0.1, 0.15) is 32.8 Å². The highest BCUT2D eigenvalue weighted by molar-refractivity contribution is 5.82. The Balaban J connectivity index is 2.34. The van der Waals surface area contributed by atoms with E-state index in [4.69, 9.17) is 4.74 Å². The molecule has 3 heteroatoms. The molecule has 19 heavy (non-hydrogen) atoms. The zero-order valence-corrected chi connectivity index (χ0v) is 11.9. The largest absolute Gasteiger partial charge is 0.475 e. The summed E-state index contributed by atoms with van der Waals surface area (Å²) < 4.78 is 5.73. The van der Waals surface area contributed by atoms with Gasteiger partial charge in [0.05, 0.1) is 11.6 Å². The fourth-order valence-corrected chi connectivity index (χ4v) is 2.07. The van der Waals surface area contributed by atoms with Crippen molar-refractivity contribution in [2.75, 3.05) is 6.54 Å². The van der Waals surface area contributed by atoms with Crippen molar-refractivity contribution in [1.82, 2.24) is 10.3 Å². The third kappa shape index (κ3) is 3.67. The zero-order chi connectivity index (χ0) is 13.7. The van der Waals surface area contributed by atoms with Gasteiger partial charge in [-0.05, 0) is 38.4 Å². The minimum atomic E-state index is 0.144. The number of hydrogen-bond donors (Lipinski definition) is 1. The van der Waals surface area contributed by atoms with Gasteiger partial charge in [0.25, 0.3) is 0 Å². The Hall–Kier alpha value is -1.61. The van der Waals surface area contributed by atoms with Crippen LogP contribution in [0.15, 0.2) is 30.3 Å². The van der Waals surface area contributed by atoms with Gasteiger partial charge in [0.2, 0.25) is 5.88 Å². The van der Waals surface area contributed by atoms with Gasteiger partial charge in [0.15, 0.2) is 0 Å². The lowest BCUT2D eigenvalue weighted by Gasteiger charge is -2.13. The molecule has 1 heterocycles. The van der Waals surface area contributed by atoms with Gasteiger partial charge in [-0.1, -0.05) is 25.1 Å². The molecule has 0 bridgehead atoms. The molecule has 0 spiro atoms. The molecular formula is C16H22N2O. The highest BCUT2D eigenvalue weighted by Crippen LogP contribution is 2.22. The molecule has 0 amide bonds. The Morgan fingerprint density at radius 1 is 1.26 bits per heavy atom. The lowest BCUT2D eigenvalue weighted by Crippen LogP contribution is -2.15. The summed E-state index contributed by atoms with van der Waals surface area (Å²) in [5, 5.41) is 4.64. The first-order valence-electron chi connectivity index (χ1n) is 6.96. The SMILES string of the molecule is CCCNCc1cc(OC(C)C)nc2ccccc12. The molecule has 2 aromatic rings. The molecule has 0 saturated heterocycles. The summed E-state index contributed by atoms with van der Waals surface area (Å²) in [6.07, 6.45) is 1.28. The van der Waals surface area contributed by atoms with Crippen molar-refractivity contribution in [2.24, 2.45) is 0 Å². The third-order valence-corrected chi connectivity index (χ3v) is 2.88. The number of hydrogen-bond acceptors (Lipinski definition) is 3. The number of rotatable bonds is 6. The van der Waals surface area contributed by atoms with Crippen LogP contribution in [0.3, 0.4) is 0 Å². The number of aromatic nitrogens is 1. The minimum absolute atomic E-state index is 0.144. The first-order valence-corrected chi connectivity index (χ1v) is 6.96. The van der Waals surface area contributed by atoms with Crippen molar-refractivity contribution >= 4 is 10.9 Å². The molecule has 0 radical (unpaired) electrons. The summed E-state index contributed by atoms with van der Waals surface area (Å²) in [7, 11) is 0. The van der Waals surface area contributed by atoms with E-state index in [0.29, 0.717) is 5.88 Å². The Bertz CT molecular complexity index is 537. The maximum atomic E-state index is 5.73. The van der Waals surface area contributed by atoms with E-state index in [1.54, 1.807) is 0 Å². The Labute approximate surface area is 115 Å². The number of pyridine rings is 1. The van der Waals surface area contributed by atoms with Gasteiger partial charge in [-0.25, -0.2) is 4.98 Å². The van der Waals surface area contributed by atoms with Crippen LogP contribution in [-0.2, 0) is 6.54 Å². The molecular weight excluding hydrogens is 236 g/mol. The van der Waals surface area contributed by atoms with Gasteiger partial charge < -0.3 is 10.1 Å². The van der Waals surface area contributed by atoms with Crippen molar-refractivity contribution in [3.63, 3.8) is 0 Å². The maximum absolute atomic E-state index is 5.73. The standard InChI is InChI=1S/C16H22N2O/c1-4-9-17-11-13-10-16(19-12(2)3)18-15-8-6-5-7-14(13)15/h5-8,10,12,17H,4,9,11H2,1-3H3. The van der Waals surface area contributed by atoms with Gasteiger partial charge in [0.1, 0.15) is 0 Å². The van der Waals surface area contributed by atoms with Crippen LogP contribution in [0.5, 0.6) is 5.88 Å². The van der Waals surface area contributed by atoms with Crippen LogP contribution < -0.4 is 10.1 Å². The van der Waals surface area contributed by atoms with E-state index in [-0.39, 0.29) is 6.10 Å². The van der Waals surface area contributed by atoms with Gasteiger partial charge in [-0.15, -0.1) is 0 Å². The third-order valence-electron chi connectivity index (χ3n) is 2.88. The monoisotopic (exact) mass is 258 g/mol. The predicted molar refractivity (Wildman–Crippen MR) is 79.5 cm³/mol. The predicted octanol–water partition coefficient (Wildman–Crippen LogP) is 3.52. The van der Waals surface area contributed by atoms with Gasteiger partial charge >= 0.3 is 0 Å². The molecule has 0 unspecified atom stereocenters. The van der Waals surface area contributed by atoms with E-state index in [0.717, 1.165) is 25.0 Å². The minimum Gasteiger partial charge on any atom is -0.475 e. The second-order valence-electron chi connectivity index (χ2n) is 4.98. The highest BCUT2D eigenvalue weighted by atomic mass is 16.5. The lowest BCUT2D eigenvalue weighted by atomic mass is 10.1. The molecule has 1 N–H and O–H groups in total. The fourth-order valence-electron chi connectivity index (χ4n) is 2.07. The summed E-state index contributed by atoms with van der Waals surface area (Å²) in [6, 6.07) is 10.3. The summed E-state index contributed by atoms with van der Waals surface area (Å²) >= 11 is 0. The van der Waals surface area contributed by atoms with Crippen LogP contribution in [0.2, 0.25) is 0 Å². The average molecular weight is 258 g/mol. The van der Waals surface area contributed by atoms with Crippen LogP contribution in [0.4, 0.5) is 0 Å². The normalized spacial score (nSPS) is 11.2. The van der Waals surface area contributed by atoms with Crippen molar-refractivity contribution in [2.45, 2.75) is 39.8 Å². The number of nitrogens with zero attached hydrogens (tertiary/aromatic N) is 1. The molecule has 0 atom stereocenters. The van der Waals surface area contributed by atoms with Crippen LogP contribution >= 0.6 is 0 Å². The van der Waals surface area contributed by atoms with Crippen LogP contribution in [0, 0.1) is 0 Å². The Morgan fingerprint density at radius 3 is 2.79 bits per heavy atom.